The smallest absolute Gasteiger partial charge is 0.0455 e. The lowest BCUT2D eigenvalue weighted by Gasteiger charge is -2.18. The van der Waals surface area contributed by atoms with E-state index < -0.39 is 8.07 Å². The predicted molar refractivity (Wildman–Crippen MR) is 137 cm³/mol. The Morgan fingerprint density at radius 1 is 0.571 bits per heavy atom. The minimum Gasteiger partial charge on any atom is -0.310 e. The molecule has 0 unspecified atom stereocenters. The number of rotatable bonds is 19. The van der Waals surface area contributed by atoms with E-state index in [1.165, 1.54) is 115 Å². The van der Waals surface area contributed by atoms with Crippen LogP contribution >= 0.6 is 11.6 Å². The van der Waals surface area contributed by atoms with Gasteiger partial charge in [0.2, 0.25) is 0 Å². The van der Waals surface area contributed by atoms with Gasteiger partial charge in [-0.2, -0.15) is 0 Å². The summed E-state index contributed by atoms with van der Waals surface area (Å²) in [4.78, 5) is 2.26. The maximum Gasteiger partial charge on any atom is 0.0455 e. The highest BCUT2D eigenvalue weighted by Crippen LogP contribution is 2.13. The normalized spacial score (nSPS) is 11.6. The van der Waals surface area contributed by atoms with Crippen LogP contribution in [0.4, 0.5) is 0 Å². The summed E-state index contributed by atoms with van der Waals surface area (Å²) in [7, 11) is 3.52. The molecule has 0 aromatic rings. The van der Waals surface area contributed by atoms with Gasteiger partial charge in [0, 0.05) is 14.0 Å². The molecule has 0 aromatic carbocycles. The van der Waals surface area contributed by atoms with Gasteiger partial charge in [-0.1, -0.05) is 123 Å². The SMILES string of the molecule is CCCCCCCCCCCCCCCCCCCl.CN(C)CC[Si](C)(C)C. The van der Waals surface area contributed by atoms with Crippen molar-refractivity contribution in [3.8, 4) is 0 Å². The van der Waals surface area contributed by atoms with Crippen LogP contribution in [0.1, 0.15) is 110 Å². The second kappa shape index (κ2) is 23.7. The van der Waals surface area contributed by atoms with Crippen molar-refractivity contribution in [2.75, 3.05) is 26.5 Å². The number of unbranched alkanes of at least 4 members (excludes halogenated alkanes) is 15. The van der Waals surface area contributed by atoms with Gasteiger partial charge in [-0.05, 0) is 33.1 Å². The third-order valence-corrected chi connectivity index (χ3v) is 7.29. The number of nitrogens with zero attached hydrogens (tertiary/aromatic N) is 1. The van der Waals surface area contributed by atoms with Gasteiger partial charge in [0.25, 0.3) is 0 Å². The van der Waals surface area contributed by atoms with E-state index in [4.69, 9.17) is 11.6 Å². The number of halogens is 1. The number of alkyl halides is 1. The zero-order valence-corrected chi connectivity index (χ0v) is 22.5. The molecule has 0 saturated heterocycles. The van der Waals surface area contributed by atoms with Crippen molar-refractivity contribution >= 4 is 19.7 Å². The molecule has 0 N–H and O–H groups in total. The lowest BCUT2D eigenvalue weighted by Crippen LogP contribution is -2.26. The number of hydrogen-bond donors (Lipinski definition) is 0. The van der Waals surface area contributed by atoms with E-state index in [0.717, 1.165) is 5.88 Å². The average Bonchev–Trinajstić information content (AvgIpc) is 2.63. The first-order valence-electron chi connectivity index (χ1n) is 12.5. The van der Waals surface area contributed by atoms with Crippen LogP contribution in [0.2, 0.25) is 25.7 Å². The fourth-order valence-electron chi connectivity index (χ4n) is 3.20. The predicted octanol–water partition coefficient (Wildman–Crippen LogP) is 9.37. The third kappa shape index (κ3) is 34.0. The highest BCUT2D eigenvalue weighted by molar-refractivity contribution is 6.76. The summed E-state index contributed by atoms with van der Waals surface area (Å²) in [5.74, 6) is 0.846. The number of hydrogen-bond acceptors (Lipinski definition) is 1. The van der Waals surface area contributed by atoms with E-state index in [1.54, 1.807) is 0 Å². The van der Waals surface area contributed by atoms with Crippen LogP contribution in [-0.4, -0.2) is 39.5 Å². The van der Waals surface area contributed by atoms with Crippen molar-refractivity contribution in [2.45, 2.75) is 135 Å². The van der Waals surface area contributed by atoms with Gasteiger partial charge < -0.3 is 4.90 Å². The molecule has 0 aliphatic rings. The second-order valence-electron chi connectivity index (χ2n) is 10.1. The van der Waals surface area contributed by atoms with Crippen molar-refractivity contribution in [2.24, 2.45) is 0 Å². The molecule has 0 saturated carbocycles. The summed E-state index contributed by atoms with van der Waals surface area (Å²) in [5, 5.41) is 0. The summed E-state index contributed by atoms with van der Waals surface area (Å²) in [5.41, 5.74) is 0. The Morgan fingerprint density at radius 2 is 0.893 bits per heavy atom. The highest BCUT2D eigenvalue weighted by Gasteiger charge is 2.11. The molecule has 0 rings (SSSR count). The van der Waals surface area contributed by atoms with Gasteiger partial charge in [-0.15, -0.1) is 11.6 Å². The molecule has 0 aromatic heterocycles. The molecule has 0 atom stereocenters. The monoisotopic (exact) mass is 433 g/mol. The fraction of sp³-hybridized carbons (Fsp3) is 1.00. The van der Waals surface area contributed by atoms with E-state index in [1.807, 2.05) is 0 Å². The molecular formula is C25H56ClNSi. The zero-order valence-electron chi connectivity index (χ0n) is 20.8. The Labute approximate surface area is 186 Å². The zero-order chi connectivity index (χ0) is 21.5. The van der Waals surface area contributed by atoms with E-state index in [-0.39, 0.29) is 0 Å². The van der Waals surface area contributed by atoms with Gasteiger partial charge in [0.1, 0.15) is 0 Å². The Bertz CT molecular complexity index is 260. The van der Waals surface area contributed by atoms with Gasteiger partial charge in [0.05, 0.1) is 0 Å². The maximum absolute atomic E-state index is 5.66. The van der Waals surface area contributed by atoms with Crippen LogP contribution in [0.3, 0.4) is 0 Å². The van der Waals surface area contributed by atoms with Crippen LogP contribution in [-0.2, 0) is 0 Å². The Morgan fingerprint density at radius 3 is 1.11 bits per heavy atom. The minimum atomic E-state index is -0.762. The quantitative estimate of drug-likeness (QED) is 0.111. The molecule has 1 nitrogen and oxygen atoms in total. The van der Waals surface area contributed by atoms with Gasteiger partial charge in [0.15, 0.2) is 0 Å². The van der Waals surface area contributed by atoms with Crippen molar-refractivity contribution in [3.05, 3.63) is 0 Å². The highest BCUT2D eigenvalue weighted by atomic mass is 35.5. The lowest BCUT2D eigenvalue weighted by atomic mass is 10.0. The fourth-order valence-corrected chi connectivity index (χ4v) is 4.51. The first-order chi connectivity index (χ1) is 13.3. The van der Waals surface area contributed by atoms with E-state index >= 15 is 0 Å². The maximum atomic E-state index is 5.66. The standard InChI is InChI=1S/C18H37Cl.C7H19NSi/c1-2-3-4-5-6-7-8-9-10-11-12-13-14-15-16-17-18-19;1-8(2)6-7-9(3,4)5/h2-18H2,1H3;6-7H2,1-5H3. The Kier molecular flexibility index (Phi) is 26.0. The van der Waals surface area contributed by atoms with Crippen LogP contribution in [0.15, 0.2) is 0 Å². The molecule has 0 bridgehead atoms. The summed E-state index contributed by atoms with van der Waals surface area (Å²) in [6.07, 6.45) is 22.8. The molecule has 0 heterocycles. The van der Waals surface area contributed by atoms with E-state index in [9.17, 15) is 0 Å². The summed E-state index contributed by atoms with van der Waals surface area (Å²) >= 11 is 5.66. The van der Waals surface area contributed by atoms with E-state index in [0.29, 0.717) is 0 Å². The Hall–Kier alpha value is 0.467. The second-order valence-corrected chi connectivity index (χ2v) is 16.1. The average molecular weight is 434 g/mol. The van der Waals surface area contributed by atoms with Crippen LogP contribution in [0, 0.1) is 0 Å². The first kappa shape index (κ1) is 30.7. The Balaban J connectivity index is 0. The first-order valence-corrected chi connectivity index (χ1v) is 16.8. The van der Waals surface area contributed by atoms with Crippen molar-refractivity contribution in [1.82, 2.24) is 4.90 Å². The topological polar surface area (TPSA) is 3.24 Å². The lowest BCUT2D eigenvalue weighted by molar-refractivity contribution is 0.431. The molecular weight excluding hydrogens is 378 g/mol. The van der Waals surface area contributed by atoms with Gasteiger partial charge in [-0.25, -0.2) is 0 Å². The molecule has 0 radical (unpaired) electrons. The van der Waals surface area contributed by atoms with Crippen LogP contribution < -0.4 is 0 Å². The summed E-state index contributed by atoms with van der Waals surface area (Å²) in [6, 6.07) is 1.42. The largest absolute Gasteiger partial charge is 0.310 e. The van der Waals surface area contributed by atoms with Crippen LogP contribution in [0.25, 0.3) is 0 Å². The summed E-state index contributed by atoms with van der Waals surface area (Å²) in [6.45, 7) is 10.8. The molecule has 0 aliphatic heterocycles. The van der Waals surface area contributed by atoms with Gasteiger partial charge in [-0.3, -0.25) is 0 Å². The molecule has 0 aliphatic carbocycles. The van der Waals surface area contributed by atoms with E-state index in [2.05, 4.69) is 45.6 Å². The molecule has 0 fully saturated rings. The van der Waals surface area contributed by atoms with Crippen LogP contribution in [0.5, 0.6) is 0 Å². The van der Waals surface area contributed by atoms with Gasteiger partial charge >= 0.3 is 0 Å². The van der Waals surface area contributed by atoms with Crippen molar-refractivity contribution in [3.63, 3.8) is 0 Å². The van der Waals surface area contributed by atoms with Crippen molar-refractivity contribution in [1.29, 1.82) is 0 Å². The third-order valence-electron chi connectivity index (χ3n) is 5.30. The minimum absolute atomic E-state index is 0.762. The molecule has 172 valence electrons. The molecule has 28 heavy (non-hydrogen) atoms. The molecule has 3 heteroatoms. The summed E-state index contributed by atoms with van der Waals surface area (Å²) < 4.78 is 0. The molecule has 0 amide bonds. The molecule has 0 spiro atoms. The van der Waals surface area contributed by atoms with Crippen molar-refractivity contribution < 1.29 is 0 Å².